The number of ether oxygens (including phenoxy) is 3. The third-order valence-electron chi connectivity index (χ3n) is 6.00. The second kappa shape index (κ2) is 10.9. The van der Waals surface area contributed by atoms with Crippen LogP contribution in [0, 0.1) is 0 Å². The molecule has 37 heavy (non-hydrogen) atoms. The van der Waals surface area contributed by atoms with E-state index in [9.17, 15) is 9.59 Å². The minimum absolute atomic E-state index is 0.194. The van der Waals surface area contributed by atoms with Crippen molar-refractivity contribution in [2.24, 2.45) is 4.99 Å². The summed E-state index contributed by atoms with van der Waals surface area (Å²) in [5.41, 5.74) is 2.99. The normalized spacial score (nSPS) is 15.2. The maximum Gasteiger partial charge on any atom is 0.338 e. The lowest BCUT2D eigenvalue weighted by Gasteiger charge is -2.26. The van der Waals surface area contributed by atoms with Crippen LogP contribution in [-0.4, -0.2) is 45.5 Å². The average Bonchev–Trinajstić information content (AvgIpc) is 3.16. The molecule has 0 aliphatic carbocycles. The van der Waals surface area contributed by atoms with E-state index in [1.807, 2.05) is 43.3 Å². The summed E-state index contributed by atoms with van der Waals surface area (Å²) in [4.78, 5) is 34.1. The van der Waals surface area contributed by atoms with Gasteiger partial charge in [0.15, 0.2) is 4.80 Å². The van der Waals surface area contributed by atoms with Crippen molar-refractivity contribution in [1.29, 1.82) is 0 Å². The zero-order valence-corrected chi connectivity index (χ0v) is 23.9. The van der Waals surface area contributed by atoms with Gasteiger partial charge in [-0.1, -0.05) is 17.4 Å². The molecule has 1 aliphatic heterocycles. The summed E-state index contributed by atoms with van der Waals surface area (Å²) >= 11 is 4.88. The molecule has 194 valence electrons. The zero-order valence-electron chi connectivity index (χ0n) is 21.5. The summed E-state index contributed by atoms with van der Waals surface area (Å²) < 4.78 is 19.4. The van der Waals surface area contributed by atoms with Crippen LogP contribution in [0.5, 0.6) is 11.5 Å². The lowest BCUT2D eigenvalue weighted by Crippen LogP contribution is -2.40. The van der Waals surface area contributed by atoms with Gasteiger partial charge in [-0.25, -0.2) is 9.79 Å². The fraction of sp³-hybridized carbons (Fsp3) is 0.296. The molecule has 1 aromatic heterocycles. The number of fused-ring (bicyclic) bond motifs is 1. The van der Waals surface area contributed by atoms with E-state index in [1.165, 1.54) is 15.9 Å². The molecule has 0 saturated heterocycles. The lowest BCUT2D eigenvalue weighted by atomic mass is 9.94. The monoisotopic (exact) mass is 585 g/mol. The molecule has 0 unspecified atom stereocenters. The molecule has 0 radical (unpaired) electrons. The summed E-state index contributed by atoms with van der Waals surface area (Å²) in [6, 6.07) is 10.4. The van der Waals surface area contributed by atoms with E-state index in [4.69, 9.17) is 14.2 Å². The number of esters is 1. The lowest BCUT2D eigenvalue weighted by molar-refractivity contribution is -0.139. The first-order chi connectivity index (χ1) is 17.7. The predicted molar refractivity (Wildman–Crippen MR) is 148 cm³/mol. The molecule has 0 amide bonds. The van der Waals surface area contributed by atoms with E-state index >= 15 is 0 Å². The van der Waals surface area contributed by atoms with Gasteiger partial charge >= 0.3 is 5.97 Å². The van der Waals surface area contributed by atoms with Crippen LogP contribution in [0.25, 0.3) is 6.08 Å². The Morgan fingerprint density at radius 3 is 2.57 bits per heavy atom. The first-order valence-corrected chi connectivity index (χ1v) is 13.2. The highest BCUT2D eigenvalue weighted by Gasteiger charge is 2.35. The standard InChI is InChI=1S/C27H28BrN3O5S/c1-7-36-26(33)23-15(2)29-27-31(24(23)18-14-17(34-5)9-11-21(18)35-6)25(32)22(37-27)13-16-8-10-20(30(3)4)19(28)12-16/h8-14,24H,7H2,1-6H3/b22-13+/t24-/m1/s1. The van der Waals surface area contributed by atoms with Crippen molar-refractivity contribution in [2.45, 2.75) is 19.9 Å². The molecule has 2 heterocycles. The van der Waals surface area contributed by atoms with Crippen LogP contribution in [0.2, 0.25) is 0 Å². The molecule has 8 nitrogen and oxygen atoms in total. The molecule has 3 aromatic rings. The van der Waals surface area contributed by atoms with Gasteiger partial charge in [-0.3, -0.25) is 9.36 Å². The first kappa shape index (κ1) is 26.7. The van der Waals surface area contributed by atoms with E-state index in [0.717, 1.165) is 15.7 Å². The van der Waals surface area contributed by atoms with Crippen molar-refractivity contribution in [1.82, 2.24) is 4.57 Å². The number of anilines is 1. The predicted octanol–water partition coefficient (Wildman–Crippen LogP) is 3.64. The van der Waals surface area contributed by atoms with Gasteiger partial charge < -0.3 is 19.1 Å². The van der Waals surface area contributed by atoms with Crippen molar-refractivity contribution >= 4 is 45.0 Å². The number of thiazole rings is 1. The second-order valence-corrected chi connectivity index (χ2v) is 10.4. The largest absolute Gasteiger partial charge is 0.497 e. The van der Waals surface area contributed by atoms with Gasteiger partial charge in [0.1, 0.15) is 17.5 Å². The SMILES string of the molecule is CCOC(=O)C1=C(C)N=c2s/c(=C/c3ccc(N(C)C)c(Br)c3)c(=O)n2[C@@H]1c1cc(OC)ccc1OC. The number of benzene rings is 2. The number of hydrogen-bond donors (Lipinski definition) is 0. The minimum atomic E-state index is -0.801. The number of nitrogens with zero attached hydrogens (tertiary/aromatic N) is 3. The molecule has 0 N–H and O–H groups in total. The molecule has 1 atom stereocenters. The molecule has 0 saturated carbocycles. The van der Waals surface area contributed by atoms with E-state index in [2.05, 4.69) is 20.9 Å². The number of aromatic nitrogens is 1. The van der Waals surface area contributed by atoms with Crippen LogP contribution in [0.15, 0.2) is 61.9 Å². The van der Waals surface area contributed by atoms with E-state index in [-0.39, 0.29) is 17.7 Å². The Hall–Kier alpha value is -3.37. The fourth-order valence-corrected chi connectivity index (χ4v) is 6.06. The van der Waals surface area contributed by atoms with Crippen molar-refractivity contribution in [3.63, 3.8) is 0 Å². The summed E-state index contributed by atoms with van der Waals surface area (Å²) in [5, 5.41) is 0. The zero-order chi connectivity index (χ0) is 26.9. The third-order valence-corrected chi connectivity index (χ3v) is 7.62. The number of halogens is 1. The highest BCUT2D eigenvalue weighted by atomic mass is 79.9. The van der Waals surface area contributed by atoms with Crippen molar-refractivity contribution in [2.75, 3.05) is 39.8 Å². The molecule has 0 spiro atoms. The number of hydrogen-bond acceptors (Lipinski definition) is 8. The van der Waals surface area contributed by atoms with Gasteiger partial charge in [0.05, 0.1) is 42.3 Å². The van der Waals surface area contributed by atoms with Gasteiger partial charge in [0.2, 0.25) is 0 Å². The van der Waals surface area contributed by atoms with Gasteiger partial charge in [-0.15, -0.1) is 0 Å². The highest BCUT2D eigenvalue weighted by molar-refractivity contribution is 9.10. The van der Waals surface area contributed by atoms with Crippen LogP contribution < -0.4 is 29.3 Å². The number of carbonyl (C=O) groups is 1. The third kappa shape index (κ3) is 5.08. The maximum absolute atomic E-state index is 13.9. The van der Waals surface area contributed by atoms with E-state index in [1.54, 1.807) is 46.3 Å². The summed E-state index contributed by atoms with van der Waals surface area (Å²) in [6.07, 6.45) is 1.83. The van der Waals surface area contributed by atoms with Crippen LogP contribution in [0.3, 0.4) is 0 Å². The number of allylic oxidation sites excluding steroid dienone is 1. The second-order valence-electron chi connectivity index (χ2n) is 8.52. The van der Waals surface area contributed by atoms with Crippen molar-refractivity contribution in [3.8, 4) is 11.5 Å². The minimum Gasteiger partial charge on any atom is -0.497 e. The van der Waals surface area contributed by atoms with Gasteiger partial charge in [-0.2, -0.15) is 0 Å². The molecular weight excluding hydrogens is 558 g/mol. The quantitative estimate of drug-likeness (QED) is 0.394. The van der Waals surface area contributed by atoms with Gasteiger partial charge in [0.25, 0.3) is 5.56 Å². The Morgan fingerprint density at radius 1 is 1.19 bits per heavy atom. The number of carbonyl (C=O) groups excluding carboxylic acids is 1. The van der Waals surface area contributed by atoms with Crippen LogP contribution in [-0.2, 0) is 9.53 Å². The van der Waals surface area contributed by atoms with E-state index < -0.39 is 12.0 Å². The number of rotatable bonds is 7. The summed E-state index contributed by atoms with van der Waals surface area (Å²) in [5.74, 6) is 0.554. The van der Waals surface area contributed by atoms with Crippen molar-refractivity contribution < 1.29 is 19.0 Å². The molecule has 4 rings (SSSR count). The highest BCUT2D eigenvalue weighted by Crippen LogP contribution is 2.37. The van der Waals surface area contributed by atoms with Crippen LogP contribution >= 0.6 is 27.3 Å². The molecule has 0 bridgehead atoms. The van der Waals surface area contributed by atoms with Crippen molar-refractivity contribution in [3.05, 3.63) is 83.0 Å². The smallest absolute Gasteiger partial charge is 0.338 e. The molecule has 0 fully saturated rings. The molecule has 1 aliphatic rings. The van der Waals surface area contributed by atoms with Gasteiger partial charge in [-0.05, 0) is 71.7 Å². The summed E-state index contributed by atoms with van der Waals surface area (Å²) in [7, 11) is 7.04. The van der Waals surface area contributed by atoms with Crippen LogP contribution in [0.1, 0.15) is 31.0 Å². The fourth-order valence-electron chi connectivity index (χ4n) is 4.27. The Morgan fingerprint density at radius 2 is 1.95 bits per heavy atom. The topological polar surface area (TPSA) is 82.4 Å². The first-order valence-electron chi connectivity index (χ1n) is 11.6. The summed E-state index contributed by atoms with van der Waals surface area (Å²) in [6.45, 7) is 3.68. The molecule has 10 heteroatoms. The molecular formula is C27H28BrN3O5S. The average molecular weight is 587 g/mol. The number of methoxy groups -OCH3 is 2. The van der Waals surface area contributed by atoms with E-state index in [0.29, 0.717) is 32.1 Å². The van der Waals surface area contributed by atoms with Gasteiger partial charge in [0, 0.05) is 24.1 Å². The Bertz CT molecular complexity index is 1570. The Balaban J connectivity index is 1.98. The molecule has 2 aromatic carbocycles. The Labute approximate surface area is 227 Å². The Kier molecular flexibility index (Phi) is 7.89. The maximum atomic E-state index is 13.9. The van der Waals surface area contributed by atoms with Crippen LogP contribution in [0.4, 0.5) is 5.69 Å².